The van der Waals surface area contributed by atoms with E-state index in [1.807, 2.05) is 0 Å². The smallest absolute Gasteiger partial charge is 0.143 e. The summed E-state index contributed by atoms with van der Waals surface area (Å²) in [4.78, 5) is 0. The largest absolute Gasteiger partial charge is 0.495 e. The van der Waals surface area contributed by atoms with Crippen LogP contribution in [-0.2, 0) is 0 Å². The average Bonchev–Trinajstić information content (AvgIpc) is 2.26. The molecule has 3 N–H and O–H groups in total. The van der Waals surface area contributed by atoms with Crippen molar-refractivity contribution < 1.29 is 20.1 Å². The Bertz CT molecular complexity index is 329. The molecule has 1 aromatic carbocycles. The van der Waals surface area contributed by atoms with Crippen molar-refractivity contribution in [3.63, 3.8) is 0 Å². The number of hydrogen-bond acceptors (Lipinski definition) is 4. The van der Waals surface area contributed by atoms with E-state index in [0.29, 0.717) is 16.3 Å². The Morgan fingerprint density at radius 3 is 2.60 bits per heavy atom. The Morgan fingerprint density at radius 1 is 1.40 bits per heavy atom. The highest BCUT2D eigenvalue weighted by Gasteiger charge is 2.22. The maximum absolute atomic E-state index is 9.68. The lowest BCUT2D eigenvalue weighted by molar-refractivity contribution is -0.0162. The van der Waals surface area contributed by atoms with Crippen LogP contribution in [0.5, 0.6) is 5.75 Å². The lowest BCUT2D eigenvalue weighted by atomic mass is 10.0. The molecule has 0 amide bonds. The molecule has 0 heterocycles. The Hall–Kier alpha value is -0.810. The summed E-state index contributed by atoms with van der Waals surface area (Å²) >= 11 is 5.84. The van der Waals surface area contributed by atoms with E-state index in [1.165, 1.54) is 7.11 Å². The zero-order valence-electron chi connectivity index (χ0n) is 8.22. The summed E-state index contributed by atoms with van der Waals surface area (Å²) in [5.41, 5.74) is 0.353. The Labute approximate surface area is 92.7 Å². The first kappa shape index (κ1) is 12.3. The fourth-order valence-corrected chi connectivity index (χ4v) is 1.54. The van der Waals surface area contributed by atoms with E-state index in [2.05, 4.69) is 0 Å². The van der Waals surface area contributed by atoms with Gasteiger partial charge in [-0.2, -0.15) is 0 Å². The first-order valence-corrected chi connectivity index (χ1v) is 4.79. The van der Waals surface area contributed by atoms with Gasteiger partial charge in [-0.3, -0.25) is 0 Å². The van der Waals surface area contributed by atoms with E-state index in [0.717, 1.165) is 0 Å². The summed E-state index contributed by atoms with van der Waals surface area (Å²) in [6.45, 7) is -0.531. The van der Waals surface area contributed by atoms with E-state index in [9.17, 15) is 10.2 Å². The predicted octanol–water partition coefficient (Wildman–Crippen LogP) is 0.735. The van der Waals surface area contributed by atoms with Crippen LogP contribution in [0.1, 0.15) is 11.7 Å². The first-order valence-electron chi connectivity index (χ1n) is 4.41. The summed E-state index contributed by atoms with van der Waals surface area (Å²) in [5.74, 6) is 0.305. The van der Waals surface area contributed by atoms with Gasteiger partial charge in [0.05, 0.1) is 18.7 Å². The van der Waals surface area contributed by atoms with Crippen LogP contribution in [-0.4, -0.2) is 35.1 Å². The van der Waals surface area contributed by atoms with Crippen LogP contribution in [0.15, 0.2) is 18.2 Å². The Balaban J connectivity index is 3.07. The van der Waals surface area contributed by atoms with Crippen molar-refractivity contribution in [2.75, 3.05) is 13.7 Å². The molecular formula is C10H13ClO4. The van der Waals surface area contributed by atoms with Crippen molar-refractivity contribution in [3.8, 4) is 5.75 Å². The van der Waals surface area contributed by atoms with Crippen molar-refractivity contribution in [2.45, 2.75) is 12.2 Å². The van der Waals surface area contributed by atoms with E-state index >= 15 is 0 Å². The molecular weight excluding hydrogens is 220 g/mol. The molecule has 0 aromatic heterocycles. The average molecular weight is 233 g/mol. The first-order chi connectivity index (χ1) is 7.11. The number of benzene rings is 1. The molecule has 0 aliphatic carbocycles. The van der Waals surface area contributed by atoms with Crippen molar-refractivity contribution >= 4 is 11.6 Å². The molecule has 0 spiro atoms. The van der Waals surface area contributed by atoms with Gasteiger partial charge in [0.2, 0.25) is 0 Å². The molecule has 1 aromatic rings. The minimum absolute atomic E-state index is 0.305. The monoisotopic (exact) mass is 232 g/mol. The van der Waals surface area contributed by atoms with Crippen LogP contribution in [0.4, 0.5) is 0 Å². The minimum Gasteiger partial charge on any atom is -0.495 e. The highest BCUT2D eigenvalue weighted by atomic mass is 35.5. The molecule has 0 saturated heterocycles. The van der Waals surface area contributed by atoms with Crippen molar-refractivity contribution in [3.05, 3.63) is 28.8 Å². The number of hydrogen-bond donors (Lipinski definition) is 3. The standard InChI is InChI=1S/C10H13ClO4/c1-15-10-6(3-2-4-7(10)11)9(14)8(13)5-12/h2-4,8-9,12-14H,5H2,1H3. The van der Waals surface area contributed by atoms with Gasteiger partial charge in [0.15, 0.2) is 0 Å². The van der Waals surface area contributed by atoms with E-state index in [-0.39, 0.29) is 0 Å². The van der Waals surface area contributed by atoms with Crippen LogP contribution in [0.25, 0.3) is 0 Å². The lowest BCUT2D eigenvalue weighted by Gasteiger charge is -2.19. The van der Waals surface area contributed by atoms with Gasteiger partial charge in [0.25, 0.3) is 0 Å². The number of ether oxygens (including phenoxy) is 1. The van der Waals surface area contributed by atoms with Crippen molar-refractivity contribution in [1.29, 1.82) is 0 Å². The topological polar surface area (TPSA) is 69.9 Å². The molecule has 84 valence electrons. The zero-order chi connectivity index (χ0) is 11.4. The molecule has 0 aliphatic rings. The fraction of sp³-hybridized carbons (Fsp3) is 0.400. The van der Waals surface area contributed by atoms with Crippen molar-refractivity contribution in [2.24, 2.45) is 0 Å². The second-order valence-electron chi connectivity index (χ2n) is 3.06. The minimum atomic E-state index is -1.25. The summed E-state index contributed by atoms with van der Waals surface area (Å²) in [5, 5.41) is 28.0. The maximum atomic E-state index is 9.68. The highest BCUT2D eigenvalue weighted by molar-refractivity contribution is 6.32. The van der Waals surface area contributed by atoms with Gasteiger partial charge in [-0.1, -0.05) is 23.7 Å². The van der Waals surface area contributed by atoms with Crippen LogP contribution >= 0.6 is 11.6 Å². The van der Waals surface area contributed by atoms with Gasteiger partial charge >= 0.3 is 0 Å². The molecule has 0 bridgehead atoms. The number of halogens is 1. The highest BCUT2D eigenvalue weighted by Crippen LogP contribution is 2.33. The second-order valence-corrected chi connectivity index (χ2v) is 3.46. The number of aliphatic hydroxyl groups excluding tert-OH is 3. The molecule has 15 heavy (non-hydrogen) atoms. The van der Waals surface area contributed by atoms with Crippen molar-refractivity contribution in [1.82, 2.24) is 0 Å². The summed E-state index contributed by atoms with van der Waals surface area (Å²) in [6.07, 6.45) is -2.47. The quantitative estimate of drug-likeness (QED) is 0.716. The van der Waals surface area contributed by atoms with Gasteiger partial charge in [-0.25, -0.2) is 0 Å². The van der Waals surface area contributed by atoms with E-state index in [4.69, 9.17) is 21.4 Å². The Kier molecular flexibility index (Phi) is 4.35. The molecule has 0 radical (unpaired) electrons. The summed E-state index contributed by atoms with van der Waals surface area (Å²) in [7, 11) is 1.42. The third-order valence-corrected chi connectivity index (χ3v) is 2.37. The van der Waals surface area contributed by atoms with Gasteiger partial charge < -0.3 is 20.1 Å². The van der Waals surface area contributed by atoms with Crippen LogP contribution in [0.2, 0.25) is 5.02 Å². The molecule has 4 nitrogen and oxygen atoms in total. The normalized spacial score (nSPS) is 14.7. The third kappa shape index (κ3) is 2.60. The fourth-order valence-electron chi connectivity index (χ4n) is 1.28. The number of aliphatic hydroxyl groups is 3. The molecule has 5 heteroatoms. The van der Waals surface area contributed by atoms with E-state index in [1.54, 1.807) is 18.2 Å². The third-order valence-electron chi connectivity index (χ3n) is 2.07. The SMILES string of the molecule is COc1c(Cl)cccc1C(O)C(O)CO. The number of para-hydroxylation sites is 1. The second kappa shape index (κ2) is 5.32. The van der Waals surface area contributed by atoms with Crippen LogP contribution < -0.4 is 4.74 Å². The molecule has 2 atom stereocenters. The molecule has 0 saturated carbocycles. The molecule has 2 unspecified atom stereocenters. The predicted molar refractivity (Wildman–Crippen MR) is 56.1 cm³/mol. The summed E-state index contributed by atoms with van der Waals surface area (Å²) in [6, 6.07) is 4.82. The number of methoxy groups -OCH3 is 1. The van der Waals surface area contributed by atoms with Gasteiger partial charge in [-0.05, 0) is 6.07 Å². The lowest BCUT2D eigenvalue weighted by Crippen LogP contribution is -2.22. The van der Waals surface area contributed by atoms with Crippen LogP contribution in [0, 0.1) is 0 Å². The van der Waals surface area contributed by atoms with Gasteiger partial charge in [0.1, 0.15) is 18.0 Å². The molecule has 0 fully saturated rings. The maximum Gasteiger partial charge on any atom is 0.143 e. The van der Waals surface area contributed by atoms with Gasteiger partial charge in [-0.15, -0.1) is 0 Å². The molecule has 1 rings (SSSR count). The Morgan fingerprint density at radius 2 is 2.07 bits per heavy atom. The van der Waals surface area contributed by atoms with Crippen LogP contribution in [0.3, 0.4) is 0 Å². The molecule has 0 aliphatic heterocycles. The zero-order valence-corrected chi connectivity index (χ0v) is 8.98. The number of rotatable bonds is 4. The van der Waals surface area contributed by atoms with Gasteiger partial charge in [0, 0.05) is 5.56 Å². The summed E-state index contributed by atoms with van der Waals surface area (Å²) < 4.78 is 5.01. The van der Waals surface area contributed by atoms with E-state index < -0.39 is 18.8 Å².